The van der Waals surface area contributed by atoms with E-state index in [1.807, 2.05) is 12.1 Å². The number of carbonyl (C=O) groups is 1. The van der Waals surface area contributed by atoms with Gasteiger partial charge in [0.1, 0.15) is 4.88 Å². The third-order valence-corrected chi connectivity index (χ3v) is 5.08. The third kappa shape index (κ3) is 5.21. The van der Waals surface area contributed by atoms with Gasteiger partial charge in [0.25, 0.3) is 0 Å². The maximum Gasteiger partial charge on any atom is 0.348 e. The number of carbonyl (C=O) groups excluding carboxylic acids is 1. The van der Waals surface area contributed by atoms with Crippen molar-refractivity contribution in [3.05, 3.63) is 40.8 Å². The van der Waals surface area contributed by atoms with Crippen LogP contribution in [0.25, 0.3) is 16.2 Å². The Morgan fingerprint density at radius 1 is 1.17 bits per heavy atom. The molecule has 0 fully saturated rings. The van der Waals surface area contributed by atoms with Gasteiger partial charge in [-0.15, -0.1) is 11.3 Å². The number of hydrogen-bond donors (Lipinski definition) is 0. The van der Waals surface area contributed by atoms with Crippen molar-refractivity contribution in [2.45, 2.75) is 51.9 Å². The van der Waals surface area contributed by atoms with Gasteiger partial charge in [0, 0.05) is 10.1 Å². The van der Waals surface area contributed by atoms with Crippen LogP contribution >= 0.6 is 11.3 Å². The van der Waals surface area contributed by atoms with Crippen molar-refractivity contribution in [2.75, 3.05) is 7.11 Å². The molecule has 0 saturated carbocycles. The van der Waals surface area contributed by atoms with Gasteiger partial charge in [-0.1, -0.05) is 63.3 Å². The second-order valence-corrected chi connectivity index (χ2v) is 6.90. The first kappa shape index (κ1) is 17.7. The summed E-state index contributed by atoms with van der Waals surface area (Å²) in [6.45, 7) is 2.25. The summed E-state index contributed by atoms with van der Waals surface area (Å²) in [6, 6.07) is 8.14. The highest BCUT2D eigenvalue weighted by Crippen LogP contribution is 2.29. The van der Waals surface area contributed by atoms with E-state index >= 15 is 0 Å². The predicted molar refractivity (Wildman–Crippen MR) is 100 cm³/mol. The Kier molecular flexibility index (Phi) is 7.34. The quantitative estimate of drug-likeness (QED) is 0.390. The molecule has 3 heteroatoms. The predicted octanol–water partition coefficient (Wildman–Crippen LogP) is 6.45. The van der Waals surface area contributed by atoms with Crippen LogP contribution in [0, 0.1) is 0 Å². The molecule has 1 aromatic carbocycles. The average Bonchev–Trinajstić information content (AvgIpc) is 3.01. The van der Waals surface area contributed by atoms with E-state index in [-0.39, 0.29) is 5.97 Å². The average molecular weight is 330 g/mol. The van der Waals surface area contributed by atoms with Crippen LogP contribution < -0.4 is 0 Å². The summed E-state index contributed by atoms with van der Waals surface area (Å²) in [4.78, 5) is 12.3. The number of ether oxygens (including phenoxy) is 1. The van der Waals surface area contributed by atoms with Gasteiger partial charge in [0.15, 0.2) is 0 Å². The fourth-order valence-corrected chi connectivity index (χ4v) is 3.70. The summed E-state index contributed by atoms with van der Waals surface area (Å²) in [6.07, 6.45) is 13.5. The molecular weight excluding hydrogens is 304 g/mol. The lowest BCUT2D eigenvalue weighted by Crippen LogP contribution is -1.96. The number of thiophene rings is 1. The summed E-state index contributed by atoms with van der Waals surface area (Å²) in [5.41, 5.74) is 1.18. The van der Waals surface area contributed by atoms with Crippen LogP contribution in [-0.2, 0) is 4.74 Å². The van der Waals surface area contributed by atoms with Crippen molar-refractivity contribution in [2.24, 2.45) is 0 Å². The molecule has 2 aromatic rings. The lowest BCUT2D eigenvalue weighted by Gasteiger charge is -1.99. The standard InChI is InChI=1S/C20H26O2S/c1-3-4-5-6-7-8-9-10-12-16-13-11-14-18-17(16)15-19(23-18)20(21)22-2/h10-15H,3-9H2,1-2H3. The Balaban J connectivity index is 1.93. The Bertz CT molecular complexity index is 655. The van der Waals surface area contributed by atoms with Gasteiger partial charge in [-0.2, -0.15) is 0 Å². The van der Waals surface area contributed by atoms with Crippen LogP contribution in [0.4, 0.5) is 0 Å². The lowest BCUT2D eigenvalue weighted by molar-refractivity contribution is 0.0606. The van der Waals surface area contributed by atoms with Gasteiger partial charge in [-0.3, -0.25) is 0 Å². The number of unbranched alkanes of at least 4 members (excludes halogenated alkanes) is 6. The zero-order valence-corrected chi connectivity index (χ0v) is 15.0. The molecule has 124 valence electrons. The second kappa shape index (κ2) is 9.51. The minimum Gasteiger partial charge on any atom is -0.465 e. The highest BCUT2D eigenvalue weighted by Gasteiger charge is 2.11. The van der Waals surface area contributed by atoms with Crippen molar-refractivity contribution in [1.82, 2.24) is 0 Å². The molecule has 2 nitrogen and oxygen atoms in total. The molecule has 0 atom stereocenters. The number of rotatable bonds is 9. The monoisotopic (exact) mass is 330 g/mol. The van der Waals surface area contributed by atoms with Gasteiger partial charge in [-0.05, 0) is 30.5 Å². The molecule has 1 heterocycles. The molecule has 2 rings (SSSR count). The number of allylic oxidation sites excluding steroid dienone is 1. The number of esters is 1. The van der Waals surface area contributed by atoms with Crippen LogP contribution in [0.2, 0.25) is 0 Å². The van der Waals surface area contributed by atoms with Gasteiger partial charge < -0.3 is 4.74 Å². The molecule has 23 heavy (non-hydrogen) atoms. The van der Waals surface area contributed by atoms with Gasteiger partial charge in [0.05, 0.1) is 7.11 Å². The van der Waals surface area contributed by atoms with Crippen LogP contribution in [0.3, 0.4) is 0 Å². The van der Waals surface area contributed by atoms with Gasteiger partial charge in [0.2, 0.25) is 0 Å². The fraction of sp³-hybridized carbons (Fsp3) is 0.450. The van der Waals surface area contributed by atoms with E-state index in [4.69, 9.17) is 4.74 Å². The Hall–Kier alpha value is -1.61. The molecular formula is C20H26O2S. The van der Waals surface area contributed by atoms with E-state index < -0.39 is 0 Å². The number of benzene rings is 1. The van der Waals surface area contributed by atoms with Crippen molar-refractivity contribution in [3.8, 4) is 0 Å². The molecule has 0 spiro atoms. The number of methoxy groups -OCH3 is 1. The smallest absolute Gasteiger partial charge is 0.348 e. The molecule has 0 N–H and O–H groups in total. The second-order valence-electron chi connectivity index (χ2n) is 5.82. The van der Waals surface area contributed by atoms with Crippen LogP contribution in [0.15, 0.2) is 30.3 Å². The Morgan fingerprint density at radius 3 is 2.74 bits per heavy atom. The van der Waals surface area contributed by atoms with E-state index in [1.165, 1.54) is 62.5 Å². The number of hydrogen-bond acceptors (Lipinski definition) is 3. The van der Waals surface area contributed by atoms with Crippen LogP contribution in [0.1, 0.15) is 67.1 Å². The van der Waals surface area contributed by atoms with E-state index in [0.717, 1.165) is 16.5 Å². The van der Waals surface area contributed by atoms with Crippen LogP contribution in [-0.4, -0.2) is 13.1 Å². The van der Waals surface area contributed by atoms with Crippen molar-refractivity contribution < 1.29 is 9.53 Å². The minimum atomic E-state index is -0.256. The summed E-state index contributed by atoms with van der Waals surface area (Å²) in [7, 11) is 1.42. The maximum atomic E-state index is 11.7. The first-order chi connectivity index (χ1) is 11.3. The van der Waals surface area contributed by atoms with Crippen molar-refractivity contribution in [3.63, 3.8) is 0 Å². The Labute approximate surface area is 143 Å². The molecule has 0 amide bonds. The maximum absolute atomic E-state index is 11.7. The van der Waals surface area contributed by atoms with Gasteiger partial charge in [-0.25, -0.2) is 4.79 Å². The van der Waals surface area contributed by atoms with Crippen molar-refractivity contribution >= 4 is 33.5 Å². The van der Waals surface area contributed by atoms with E-state index in [0.29, 0.717) is 4.88 Å². The first-order valence-corrected chi connectivity index (χ1v) is 9.35. The molecule has 0 radical (unpaired) electrons. The molecule has 0 unspecified atom stereocenters. The molecule has 0 bridgehead atoms. The highest BCUT2D eigenvalue weighted by atomic mass is 32.1. The topological polar surface area (TPSA) is 26.3 Å². The molecule has 0 aliphatic carbocycles. The normalized spacial score (nSPS) is 11.4. The van der Waals surface area contributed by atoms with Crippen LogP contribution in [0.5, 0.6) is 0 Å². The zero-order chi connectivity index (χ0) is 16.5. The summed E-state index contributed by atoms with van der Waals surface area (Å²) >= 11 is 1.49. The summed E-state index contributed by atoms with van der Waals surface area (Å²) in [5.74, 6) is -0.256. The summed E-state index contributed by atoms with van der Waals surface area (Å²) < 4.78 is 5.94. The zero-order valence-electron chi connectivity index (χ0n) is 14.1. The largest absolute Gasteiger partial charge is 0.465 e. The summed E-state index contributed by atoms with van der Waals surface area (Å²) in [5, 5.41) is 1.14. The minimum absolute atomic E-state index is 0.256. The molecule has 0 saturated heterocycles. The molecule has 0 aliphatic rings. The highest BCUT2D eigenvalue weighted by molar-refractivity contribution is 7.20. The lowest BCUT2D eigenvalue weighted by atomic mass is 10.1. The molecule has 0 aliphatic heterocycles. The SMILES string of the molecule is CCCCCCCCC=Cc1cccc2sc(C(=O)OC)cc12. The Morgan fingerprint density at radius 2 is 1.96 bits per heavy atom. The van der Waals surface area contributed by atoms with E-state index in [2.05, 4.69) is 31.2 Å². The molecule has 1 aromatic heterocycles. The van der Waals surface area contributed by atoms with Gasteiger partial charge >= 0.3 is 5.97 Å². The first-order valence-electron chi connectivity index (χ1n) is 8.53. The third-order valence-electron chi connectivity index (χ3n) is 4.00. The fourth-order valence-electron chi connectivity index (χ4n) is 2.68. The number of fused-ring (bicyclic) bond motifs is 1. The van der Waals surface area contributed by atoms with Crippen molar-refractivity contribution in [1.29, 1.82) is 0 Å². The van der Waals surface area contributed by atoms with E-state index in [1.54, 1.807) is 0 Å². The van der Waals surface area contributed by atoms with E-state index in [9.17, 15) is 4.79 Å².